The van der Waals surface area contributed by atoms with Crippen molar-refractivity contribution < 1.29 is 0 Å². The number of hydrogen-bond donors (Lipinski definition) is 0. The van der Waals surface area contributed by atoms with Gasteiger partial charge in [0.2, 0.25) is 0 Å². The highest BCUT2D eigenvalue weighted by atomic mass is 32.2. The second kappa shape index (κ2) is 10.7. The van der Waals surface area contributed by atoms with Gasteiger partial charge >= 0.3 is 0 Å². The van der Waals surface area contributed by atoms with Gasteiger partial charge in [-0.25, -0.2) is 0 Å². The summed E-state index contributed by atoms with van der Waals surface area (Å²) in [7, 11) is 0. The topological polar surface area (TPSA) is 0 Å². The number of rotatable bonds is 8. The van der Waals surface area contributed by atoms with Crippen molar-refractivity contribution in [2.24, 2.45) is 0 Å². The lowest BCUT2D eigenvalue weighted by Crippen LogP contribution is -2.14. The van der Waals surface area contributed by atoms with Crippen LogP contribution in [0.25, 0.3) is 0 Å². The summed E-state index contributed by atoms with van der Waals surface area (Å²) in [5, 5.41) is 0. The minimum Gasteiger partial charge on any atom is -0.122 e. The van der Waals surface area contributed by atoms with Gasteiger partial charge in [-0.1, -0.05) is 65.5 Å². The Morgan fingerprint density at radius 2 is 1.00 bits per heavy atom. The van der Waals surface area contributed by atoms with Crippen LogP contribution in [0.1, 0.15) is 63.8 Å². The fraction of sp³-hybridized carbons (Fsp3) is 0.429. The fourth-order valence-electron chi connectivity index (χ4n) is 3.37. The van der Waals surface area contributed by atoms with Crippen LogP contribution in [0, 0.1) is 13.8 Å². The van der Waals surface area contributed by atoms with E-state index in [0.717, 1.165) is 11.5 Å². The van der Waals surface area contributed by atoms with Crippen molar-refractivity contribution in [2.45, 2.75) is 85.8 Å². The fourth-order valence-corrected chi connectivity index (χ4v) is 6.56. The zero-order valence-electron chi connectivity index (χ0n) is 20.5. The van der Waals surface area contributed by atoms with Crippen LogP contribution in [0.3, 0.4) is 0 Å². The molecule has 0 N–H and O–H groups in total. The van der Waals surface area contributed by atoms with Crippen molar-refractivity contribution in [3.8, 4) is 0 Å². The summed E-state index contributed by atoms with van der Waals surface area (Å²) in [6.07, 6.45) is 3.97. The molecule has 0 bridgehead atoms. The van der Waals surface area contributed by atoms with Crippen LogP contribution in [-0.2, 0) is 10.8 Å². The molecule has 0 spiro atoms. The molecular weight excluding hydrogens is 433 g/mol. The molecule has 3 heteroatoms. The second-order valence-electron chi connectivity index (χ2n) is 10.0. The molecule has 0 amide bonds. The van der Waals surface area contributed by atoms with Gasteiger partial charge in [-0.3, -0.25) is 0 Å². The van der Waals surface area contributed by atoms with Crippen molar-refractivity contribution in [1.29, 1.82) is 0 Å². The van der Waals surface area contributed by atoms with Crippen LogP contribution in [0.5, 0.6) is 0 Å². The Morgan fingerprint density at radius 3 is 1.29 bits per heavy atom. The Bertz CT molecular complexity index is 863. The van der Waals surface area contributed by atoms with Gasteiger partial charge in [0.15, 0.2) is 0 Å². The molecule has 0 saturated carbocycles. The molecule has 2 aromatic carbocycles. The van der Waals surface area contributed by atoms with Crippen molar-refractivity contribution in [2.75, 3.05) is 11.5 Å². The van der Waals surface area contributed by atoms with Gasteiger partial charge in [0.1, 0.15) is 0 Å². The van der Waals surface area contributed by atoms with Gasteiger partial charge in [-0.2, -0.15) is 0 Å². The molecule has 0 unspecified atom stereocenters. The van der Waals surface area contributed by atoms with E-state index in [9.17, 15) is 0 Å². The van der Waals surface area contributed by atoms with E-state index in [1.54, 1.807) is 0 Å². The van der Waals surface area contributed by atoms with Crippen LogP contribution < -0.4 is 0 Å². The van der Waals surface area contributed by atoms with E-state index in [2.05, 4.69) is 92.8 Å². The largest absolute Gasteiger partial charge is 0.122 e. The summed E-state index contributed by atoms with van der Waals surface area (Å²) in [6, 6.07) is 9.57. The molecule has 168 valence electrons. The summed E-state index contributed by atoms with van der Waals surface area (Å²) in [5.74, 6) is 1.87. The van der Waals surface area contributed by atoms with Gasteiger partial charge in [0, 0.05) is 31.1 Å². The summed E-state index contributed by atoms with van der Waals surface area (Å²) in [5.41, 5.74) is 5.71. The first-order valence-electron chi connectivity index (χ1n) is 10.8. The minimum atomic E-state index is 0.101. The molecule has 0 heterocycles. The first-order valence-corrected chi connectivity index (χ1v) is 13.6. The first-order chi connectivity index (χ1) is 14.4. The molecule has 0 saturated heterocycles. The summed E-state index contributed by atoms with van der Waals surface area (Å²) >= 11 is 5.67. The molecule has 0 radical (unpaired) electrons. The standard InChI is InChI=1S/C28H38S3/c1-11-13-29-25-15-19(3)23(17-21(25)27(5,6)7)31-24-18-22(28(8,9)10)26(16-20(24)4)30-14-12-2/h11-12,15-18H,1-2,13-14H2,3-10H3. The highest BCUT2D eigenvalue weighted by molar-refractivity contribution is 8.00. The molecule has 0 aliphatic carbocycles. The van der Waals surface area contributed by atoms with Crippen molar-refractivity contribution >= 4 is 35.3 Å². The van der Waals surface area contributed by atoms with Crippen LogP contribution in [0.4, 0.5) is 0 Å². The number of thioether (sulfide) groups is 2. The Labute approximate surface area is 203 Å². The molecule has 2 rings (SSSR count). The van der Waals surface area contributed by atoms with E-state index in [1.807, 2.05) is 47.4 Å². The predicted octanol–water partition coefficient (Wildman–Crippen LogP) is 9.61. The quantitative estimate of drug-likeness (QED) is 0.278. The normalized spacial score (nSPS) is 12.1. The SMILES string of the molecule is C=CCSc1cc(C)c(Sc2cc(C(C)(C)C)c(SCC=C)cc2C)cc1C(C)(C)C. The van der Waals surface area contributed by atoms with Gasteiger partial charge in [0.05, 0.1) is 0 Å². The number of hydrogen-bond acceptors (Lipinski definition) is 3. The Kier molecular flexibility index (Phi) is 9.07. The van der Waals surface area contributed by atoms with E-state index in [4.69, 9.17) is 0 Å². The third-order valence-electron chi connectivity index (χ3n) is 5.10. The van der Waals surface area contributed by atoms with Gasteiger partial charge < -0.3 is 0 Å². The maximum atomic E-state index is 3.89. The molecule has 2 aromatic rings. The smallest absolute Gasteiger partial charge is 0.0158 e. The maximum Gasteiger partial charge on any atom is 0.0158 e. The van der Waals surface area contributed by atoms with Gasteiger partial charge in [-0.15, -0.1) is 36.7 Å². The van der Waals surface area contributed by atoms with E-state index >= 15 is 0 Å². The van der Waals surface area contributed by atoms with E-state index in [-0.39, 0.29) is 10.8 Å². The Balaban J connectivity index is 2.54. The summed E-state index contributed by atoms with van der Waals surface area (Å²) < 4.78 is 0. The second-order valence-corrected chi connectivity index (χ2v) is 13.2. The van der Waals surface area contributed by atoms with Crippen molar-refractivity contribution in [3.63, 3.8) is 0 Å². The van der Waals surface area contributed by atoms with Crippen LogP contribution >= 0.6 is 35.3 Å². The molecule has 0 aliphatic rings. The first kappa shape index (κ1) is 26.2. The lowest BCUT2D eigenvalue weighted by molar-refractivity contribution is 0.575. The van der Waals surface area contributed by atoms with Crippen molar-refractivity contribution in [3.05, 3.63) is 71.8 Å². The van der Waals surface area contributed by atoms with Crippen molar-refractivity contribution in [1.82, 2.24) is 0 Å². The third-order valence-corrected chi connectivity index (χ3v) is 8.53. The molecular formula is C28H38S3. The van der Waals surface area contributed by atoms with Crippen LogP contribution in [0.2, 0.25) is 0 Å². The monoisotopic (exact) mass is 470 g/mol. The molecule has 0 atom stereocenters. The zero-order chi connectivity index (χ0) is 23.4. The maximum absolute atomic E-state index is 3.89. The number of aryl methyl sites for hydroxylation is 2. The molecule has 31 heavy (non-hydrogen) atoms. The van der Waals surface area contributed by atoms with E-state index < -0.39 is 0 Å². The average molecular weight is 471 g/mol. The highest BCUT2D eigenvalue weighted by Gasteiger charge is 2.23. The summed E-state index contributed by atoms with van der Waals surface area (Å²) in [4.78, 5) is 5.44. The van der Waals surface area contributed by atoms with Crippen LogP contribution in [0.15, 0.2) is 69.2 Å². The van der Waals surface area contributed by atoms with E-state index in [1.165, 1.54) is 41.8 Å². The molecule has 0 aromatic heterocycles. The predicted molar refractivity (Wildman–Crippen MR) is 146 cm³/mol. The molecule has 0 fully saturated rings. The lowest BCUT2D eigenvalue weighted by atomic mass is 9.86. The molecule has 0 nitrogen and oxygen atoms in total. The lowest BCUT2D eigenvalue weighted by Gasteiger charge is -2.26. The minimum absolute atomic E-state index is 0.101. The Morgan fingerprint density at radius 1 is 0.645 bits per heavy atom. The van der Waals surface area contributed by atoms with Gasteiger partial charge in [-0.05, 0) is 71.2 Å². The molecule has 0 aliphatic heterocycles. The van der Waals surface area contributed by atoms with Crippen LogP contribution in [-0.4, -0.2) is 11.5 Å². The third kappa shape index (κ3) is 6.97. The highest BCUT2D eigenvalue weighted by Crippen LogP contribution is 2.43. The zero-order valence-corrected chi connectivity index (χ0v) is 23.0. The average Bonchev–Trinajstić information content (AvgIpc) is 2.65. The van der Waals surface area contributed by atoms with E-state index in [0.29, 0.717) is 0 Å². The van der Waals surface area contributed by atoms with Gasteiger partial charge in [0.25, 0.3) is 0 Å². The Hall–Kier alpha value is -1.03. The number of benzene rings is 2. The summed E-state index contributed by atoms with van der Waals surface area (Å²) in [6.45, 7) is 26.1.